The second kappa shape index (κ2) is 8.51. The number of benzene rings is 3. The Balaban J connectivity index is 1.25. The number of carbonyl (C=O) groups is 3. The first kappa shape index (κ1) is 21.3. The molecule has 2 fully saturated rings. The second-order valence-electron chi connectivity index (χ2n) is 9.05. The maximum atomic E-state index is 13.4. The van der Waals surface area contributed by atoms with E-state index in [1.807, 2.05) is 54.6 Å². The molecular weight excluding hydrogens is 442 g/mol. The quantitative estimate of drug-likeness (QED) is 0.390. The number of anilines is 1. The Hall–Kier alpha value is -4.26. The smallest absolute Gasteiger partial charge is 0.257 e. The molecule has 7 heteroatoms. The highest BCUT2D eigenvalue weighted by molar-refractivity contribution is 6.23. The number of nitrogens with zero attached hydrogens (tertiary/aromatic N) is 3. The number of para-hydroxylation sites is 2. The minimum absolute atomic E-state index is 0.0169. The molecule has 6 rings (SSSR count). The minimum atomic E-state index is -0.799. The number of fused-ring (bicyclic) bond motifs is 1. The second-order valence-corrected chi connectivity index (χ2v) is 9.05. The van der Waals surface area contributed by atoms with Crippen molar-refractivity contribution in [2.24, 2.45) is 5.92 Å². The van der Waals surface area contributed by atoms with E-state index < -0.39 is 6.04 Å². The minimum Gasteiger partial charge on any atom is -0.436 e. The lowest BCUT2D eigenvalue weighted by molar-refractivity contribution is -0.140. The van der Waals surface area contributed by atoms with Gasteiger partial charge in [0.05, 0.1) is 12.1 Å². The summed E-state index contributed by atoms with van der Waals surface area (Å²) in [7, 11) is 0. The normalized spacial score (nSPS) is 17.8. The molecular formula is C28H23N3O4. The Kier molecular flexibility index (Phi) is 5.17. The first-order chi connectivity index (χ1) is 17.1. The standard InChI is InChI=1S/C28H23N3O4/c32-25-16-23(30(27(33)20-10-11-20)17-18-6-2-1-3-7-18)28(34)31(25)21-14-12-19(13-15-21)26-29-22-8-4-5-9-24(22)35-26/h1-9,12-15,20,23H,10-11,16-17H2. The van der Waals surface area contributed by atoms with E-state index in [2.05, 4.69) is 4.98 Å². The molecule has 2 aliphatic rings. The number of hydrogen-bond acceptors (Lipinski definition) is 5. The summed E-state index contributed by atoms with van der Waals surface area (Å²) in [5.41, 5.74) is 3.61. The van der Waals surface area contributed by atoms with Crippen LogP contribution in [-0.4, -0.2) is 33.6 Å². The zero-order valence-corrected chi connectivity index (χ0v) is 19.0. The summed E-state index contributed by atoms with van der Waals surface area (Å²) < 4.78 is 5.82. The molecule has 1 saturated heterocycles. The first-order valence-electron chi connectivity index (χ1n) is 11.8. The highest BCUT2D eigenvalue weighted by Gasteiger charge is 2.46. The van der Waals surface area contributed by atoms with Crippen molar-refractivity contribution in [3.05, 3.63) is 84.4 Å². The largest absolute Gasteiger partial charge is 0.436 e. The van der Waals surface area contributed by atoms with Crippen LogP contribution in [0, 0.1) is 5.92 Å². The lowest BCUT2D eigenvalue weighted by Crippen LogP contribution is -2.45. The number of imide groups is 1. The van der Waals surface area contributed by atoms with Gasteiger partial charge in [0.25, 0.3) is 5.91 Å². The van der Waals surface area contributed by atoms with Gasteiger partial charge in [-0.2, -0.15) is 0 Å². The maximum absolute atomic E-state index is 13.4. The van der Waals surface area contributed by atoms with Crippen molar-refractivity contribution in [2.75, 3.05) is 4.90 Å². The summed E-state index contributed by atoms with van der Waals surface area (Å²) in [5, 5.41) is 0. The Morgan fingerprint density at radius 3 is 2.37 bits per heavy atom. The van der Waals surface area contributed by atoms with Gasteiger partial charge in [-0.05, 0) is 54.8 Å². The third-order valence-electron chi connectivity index (χ3n) is 6.57. The summed E-state index contributed by atoms with van der Waals surface area (Å²) in [6.45, 7) is 0.310. The van der Waals surface area contributed by atoms with Crippen LogP contribution in [0.1, 0.15) is 24.8 Å². The van der Waals surface area contributed by atoms with E-state index in [-0.39, 0.29) is 30.1 Å². The summed E-state index contributed by atoms with van der Waals surface area (Å²) >= 11 is 0. The lowest BCUT2D eigenvalue weighted by Gasteiger charge is -2.28. The maximum Gasteiger partial charge on any atom is 0.257 e. The number of hydrogen-bond donors (Lipinski definition) is 0. The van der Waals surface area contributed by atoms with Crippen LogP contribution in [0.25, 0.3) is 22.6 Å². The molecule has 174 valence electrons. The third kappa shape index (κ3) is 3.99. The molecule has 7 nitrogen and oxygen atoms in total. The zero-order chi connectivity index (χ0) is 23.9. The average molecular weight is 466 g/mol. The monoisotopic (exact) mass is 465 g/mol. The van der Waals surface area contributed by atoms with Gasteiger partial charge in [0.2, 0.25) is 17.7 Å². The van der Waals surface area contributed by atoms with E-state index in [0.29, 0.717) is 23.7 Å². The van der Waals surface area contributed by atoms with Crippen LogP contribution in [-0.2, 0) is 20.9 Å². The van der Waals surface area contributed by atoms with E-state index in [9.17, 15) is 14.4 Å². The fourth-order valence-electron chi connectivity index (χ4n) is 4.57. The van der Waals surface area contributed by atoms with Crippen molar-refractivity contribution in [1.82, 2.24) is 9.88 Å². The molecule has 0 radical (unpaired) electrons. The molecule has 1 aliphatic heterocycles. The number of amides is 3. The van der Waals surface area contributed by atoms with Crippen molar-refractivity contribution in [2.45, 2.75) is 31.8 Å². The van der Waals surface area contributed by atoms with Crippen LogP contribution in [0.3, 0.4) is 0 Å². The molecule has 0 spiro atoms. The Bertz CT molecular complexity index is 1390. The van der Waals surface area contributed by atoms with Gasteiger partial charge >= 0.3 is 0 Å². The summed E-state index contributed by atoms with van der Waals surface area (Å²) in [4.78, 5) is 46.8. The van der Waals surface area contributed by atoms with E-state index >= 15 is 0 Å². The van der Waals surface area contributed by atoms with Gasteiger partial charge in [-0.25, -0.2) is 9.88 Å². The molecule has 4 aromatic rings. The van der Waals surface area contributed by atoms with Crippen molar-refractivity contribution < 1.29 is 18.8 Å². The molecule has 2 heterocycles. The third-order valence-corrected chi connectivity index (χ3v) is 6.57. The van der Waals surface area contributed by atoms with E-state index in [4.69, 9.17) is 4.42 Å². The van der Waals surface area contributed by atoms with E-state index in [0.717, 1.165) is 29.5 Å². The van der Waals surface area contributed by atoms with Crippen LogP contribution in [0.15, 0.2) is 83.3 Å². The number of rotatable bonds is 6. The molecule has 35 heavy (non-hydrogen) atoms. The Morgan fingerprint density at radius 2 is 1.66 bits per heavy atom. The van der Waals surface area contributed by atoms with Crippen LogP contribution in [0.5, 0.6) is 0 Å². The number of carbonyl (C=O) groups excluding carboxylic acids is 3. The van der Waals surface area contributed by atoms with Crippen molar-refractivity contribution >= 4 is 34.5 Å². The molecule has 1 saturated carbocycles. The van der Waals surface area contributed by atoms with Crippen LogP contribution >= 0.6 is 0 Å². The molecule has 1 aliphatic carbocycles. The van der Waals surface area contributed by atoms with Gasteiger partial charge in [0.1, 0.15) is 11.6 Å². The predicted octanol–water partition coefficient (Wildman–Crippen LogP) is 4.57. The summed E-state index contributed by atoms with van der Waals surface area (Å²) in [6, 6.07) is 23.3. The van der Waals surface area contributed by atoms with Crippen LogP contribution < -0.4 is 4.90 Å². The van der Waals surface area contributed by atoms with Gasteiger partial charge in [-0.1, -0.05) is 42.5 Å². The molecule has 1 atom stereocenters. The van der Waals surface area contributed by atoms with Crippen molar-refractivity contribution in [3.63, 3.8) is 0 Å². The Labute approximate surface area is 202 Å². The average Bonchev–Trinajstić information content (AvgIpc) is 3.58. The highest BCUT2D eigenvalue weighted by Crippen LogP contribution is 2.35. The van der Waals surface area contributed by atoms with Gasteiger partial charge in [0.15, 0.2) is 5.58 Å². The van der Waals surface area contributed by atoms with Gasteiger partial charge < -0.3 is 9.32 Å². The topological polar surface area (TPSA) is 83.7 Å². The van der Waals surface area contributed by atoms with E-state index in [1.165, 1.54) is 4.90 Å². The van der Waals surface area contributed by atoms with Gasteiger partial charge in [0, 0.05) is 18.0 Å². The molecule has 1 aromatic heterocycles. The fourth-order valence-corrected chi connectivity index (χ4v) is 4.57. The summed E-state index contributed by atoms with van der Waals surface area (Å²) in [5.74, 6) is -0.302. The predicted molar refractivity (Wildman–Crippen MR) is 130 cm³/mol. The van der Waals surface area contributed by atoms with Gasteiger partial charge in [-0.15, -0.1) is 0 Å². The van der Waals surface area contributed by atoms with Crippen LogP contribution in [0.2, 0.25) is 0 Å². The lowest BCUT2D eigenvalue weighted by atomic mass is 10.1. The zero-order valence-electron chi connectivity index (χ0n) is 19.0. The molecule has 1 unspecified atom stereocenters. The van der Waals surface area contributed by atoms with Crippen molar-refractivity contribution in [3.8, 4) is 11.5 Å². The number of oxazole rings is 1. The van der Waals surface area contributed by atoms with Crippen molar-refractivity contribution in [1.29, 1.82) is 0 Å². The fraction of sp³-hybridized carbons (Fsp3) is 0.214. The van der Waals surface area contributed by atoms with Gasteiger partial charge in [-0.3, -0.25) is 14.4 Å². The number of aromatic nitrogens is 1. The van der Waals surface area contributed by atoms with E-state index in [1.54, 1.807) is 29.2 Å². The molecule has 3 amide bonds. The Morgan fingerprint density at radius 1 is 0.943 bits per heavy atom. The molecule has 0 bridgehead atoms. The first-order valence-corrected chi connectivity index (χ1v) is 11.8. The molecule has 3 aromatic carbocycles. The van der Waals surface area contributed by atoms with Crippen LogP contribution in [0.4, 0.5) is 5.69 Å². The highest BCUT2D eigenvalue weighted by atomic mass is 16.3. The summed E-state index contributed by atoms with van der Waals surface area (Å²) in [6.07, 6.45) is 1.65. The SMILES string of the molecule is O=C1CC(N(Cc2ccccc2)C(=O)C2CC2)C(=O)N1c1ccc(-c2nc3ccccc3o2)cc1. The molecule has 0 N–H and O–H groups in total.